The Morgan fingerprint density at radius 1 is 1.27 bits per heavy atom. The molecular weight excluding hydrogens is 190 g/mol. The molecule has 1 fully saturated rings. The SMILES string of the molecule is CC(C)(C)CCOCC1(O)CCNCC1. The highest BCUT2D eigenvalue weighted by Gasteiger charge is 2.29. The summed E-state index contributed by atoms with van der Waals surface area (Å²) >= 11 is 0. The van der Waals surface area contributed by atoms with Gasteiger partial charge in [0.15, 0.2) is 0 Å². The maximum atomic E-state index is 10.1. The number of nitrogens with one attached hydrogen (secondary N) is 1. The quantitative estimate of drug-likeness (QED) is 0.699. The molecule has 90 valence electrons. The van der Waals surface area contributed by atoms with Gasteiger partial charge in [0.05, 0.1) is 12.2 Å². The molecule has 1 saturated heterocycles. The van der Waals surface area contributed by atoms with Crippen LogP contribution in [0.25, 0.3) is 0 Å². The third-order valence-corrected chi connectivity index (χ3v) is 2.90. The maximum absolute atomic E-state index is 10.1. The molecule has 0 saturated carbocycles. The molecule has 3 heteroatoms. The summed E-state index contributed by atoms with van der Waals surface area (Å²) in [5, 5.41) is 13.4. The Morgan fingerprint density at radius 3 is 2.40 bits per heavy atom. The van der Waals surface area contributed by atoms with E-state index in [4.69, 9.17) is 4.74 Å². The van der Waals surface area contributed by atoms with Crippen molar-refractivity contribution in [1.29, 1.82) is 0 Å². The fraction of sp³-hybridized carbons (Fsp3) is 1.00. The first-order chi connectivity index (χ1) is 6.91. The first-order valence-electron chi connectivity index (χ1n) is 5.92. The van der Waals surface area contributed by atoms with Crippen LogP contribution in [0.1, 0.15) is 40.0 Å². The number of rotatable bonds is 4. The van der Waals surface area contributed by atoms with Crippen molar-refractivity contribution in [1.82, 2.24) is 5.32 Å². The van der Waals surface area contributed by atoms with Crippen LogP contribution in [-0.2, 0) is 4.74 Å². The Balaban J connectivity index is 2.13. The predicted octanol–water partition coefficient (Wildman–Crippen LogP) is 1.55. The maximum Gasteiger partial charge on any atom is 0.0904 e. The van der Waals surface area contributed by atoms with Gasteiger partial charge in [0.25, 0.3) is 0 Å². The molecule has 0 atom stereocenters. The molecule has 0 aromatic carbocycles. The number of ether oxygens (including phenoxy) is 1. The van der Waals surface area contributed by atoms with Crippen LogP contribution in [0.4, 0.5) is 0 Å². The second-order valence-electron chi connectivity index (χ2n) is 5.84. The van der Waals surface area contributed by atoms with Gasteiger partial charge in [0.2, 0.25) is 0 Å². The highest BCUT2D eigenvalue weighted by molar-refractivity contribution is 4.83. The van der Waals surface area contributed by atoms with Gasteiger partial charge in [0, 0.05) is 6.61 Å². The standard InChI is InChI=1S/C12H25NO2/c1-11(2,3)6-9-15-10-12(14)4-7-13-8-5-12/h13-14H,4-10H2,1-3H3. The Hall–Kier alpha value is -0.120. The van der Waals surface area contributed by atoms with Crippen molar-refractivity contribution in [2.45, 2.75) is 45.6 Å². The van der Waals surface area contributed by atoms with Crippen LogP contribution in [0.5, 0.6) is 0 Å². The number of hydrogen-bond acceptors (Lipinski definition) is 3. The monoisotopic (exact) mass is 215 g/mol. The van der Waals surface area contributed by atoms with Gasteiger partial charge in [-0.25, -0.2) is 0 Å². The molecule has 0 bridgehead atoms. The third-order valence-electron chi connectivity index (χ3n) is 2.90. The second kappa shape index (κ2) is 5.28. The third kappa shape index (κ3) is 5.50. The average molecular weight is 215 g/mol. The molecule has 1 aliphatic rings. The molecule has 0 aromatic heterocycles. The van der Waals surface area contributed by atoms with Crippen LogP contribution in [0.2, 0.25) is 0 Å². The molecule has 0 radical (unpaired) electrons. The predicted molar refractivity (Wildman–Crippen MR) is 61.9 cm³/mol. The summed E-state index contributed by atoms with van der Waals surface area (Å²) in [7, 11) is 0. The van der Waals surface area contributed by atoms with Crippen molar-refractivity contribution in [2.24, 2.45) is 5.41 Å². The van der Waals surface area contributed by atoms with E-state index < -0.39 is 5.60 Å². The van der Waals surface area contributed by atoms with Gasteiger partial charge >= 0.3 is 0 Å². The van der Waals surface area contributed by atoms with Crippen molar-refractivity contribution in [3.05, 3.63) is 0 Å². The topological polar surface area (TPSA) is 41.5 Å². The highest BCUT2D eigenvalue weighted by Crippen LogP contribution is 2.21. The first kappa shape index (κ1) is 12.9. The van der Waals surface area contributed by atoms with E-state index in [1.807, 2.05) is 0 Å². The van der Waals surface area contributed by atoms with Gasteiger partial charge in [-0.2, -0.15) is 0 Å². The van der Waals surface area contributed by atoms with E-state index >= 15 is 0 Å². The van der Waals surface area contributed by atoms with Crippen LogP contribution < -0.4 is 5.32 Å². The van der Waals surface area contributed by atoms with Crippen molar-refractivity contribution in [3.63, 3.8) is 0 Å². The Labute approximate surface area is 93.2 Å². The number of hydrogen-bond donors (Lipinski definition) is 2. The molecule has 0 aliphatic carbocycles. The summed E-state index contributed by atoms with van der Waals surface area (Å²) < 4.78 is 5.57. The summed E-state index contributed by atoms with van der Waals surface area (Å²) in [6, 6.07) is 0. The van der Waals surface area contributed by atoms with E-state index in [9.17, 15) is 5.11 Å². The molecule has 1 heterocycles. The second-order valence-corrected chi connectivity index (χ2v) is 5.84. The lowest BCUT2D eigenvalue weighted by atomic mass is 9.92. The lowest BCUT2D eigenvalue weighted by Gasteiger charge is -2.32. The van der Waals surface area contributed by atoms with Gasteiger partial charge < -0.3 is 15.2 Å². The molecule has 0 unspecified atom stereocenters. The molecule has 3 nitrogen and oxygen atoms in total. The fourth-order valence-electron chi connectivity index (χ4n) is 1.68. The summed E-state index contributed by atoms with van der Waals surface area (Å²) in [5.41, 5.74) is -0.264. The van der Waals surface area contributed by atoms with Crippen molar-refractivity contribution in [3.8, 4) is 0 Å². The van der Waals surface area contributed by atoms with Crippen molar-refractivity contribution in [2.75, 3.05) is 26.3 Å². The Bertz CT molecular complexity index is 181. The van der Waals surface area contributed by atoms with Gasteiger partial charge in [-0.15, -0.1) is 0 Å². The van der Waals surface area contributed by atoms with Crippen molar-refractivity contribution < 1.29 is 9.84 Å². The molecule has 0 aromatic rings. The minimum atomic E-state index is -0.580. The zero-order valence-electron chi connectivity index (χ0n) is 10.3. The minimum Gasteiger partial charge on any atom is -0.387 e. The summed E-state index contributed by atoms with van der Waals surface area (Å²) in [6.07, 6.45) is 2.66. The van der Waals surface area contributed by atoms with Gasteiger partial charge in [0.1, 0.15) is 0 Å². The van der Waals surface area contributed by atoms with Crippen LogP contribution in [-0.4, -0.2) is 37.0 Å². The van der Waals surface area contributed by atoms with E-state index in [0.29, 0.717) is 12.0 Å². The lowest BCUT2D eigenvalue weighted by Crippen LogP contribution is -2.45. The first-order valence-corrected chi connectivity index (χ1v) is 5.92. The minimum absolute atomic E-state index is 0.316. The van der Waals surface area contributed by atoms with Gasteiger partial charge in [-0.05, 0) is 37.8 Å². The van der Waals surface area contributed by atoms with E-state index in [1.165, 1.54) is 0 Å². The zero-order valence-corrected chi connectivity index (χ0v) is 10.3. The lowest BCUT2D eigenvalue weighted by molar-refractivity contribution is -0.0674. The van der Waals surface area contributed by atoms with Crippen LogP contribution >= 0.6 is 0 Å². The van der Waals surface area contributed by atoms with Crippen molar-refractivity contribution >= 4 is 0 Å². The highest BCUT2D eigenvalue weighted by atomic mass is 16.5. The Morgan fingerprint density at radius 2 is 1.87 bits per heavy atom. The summed E-state index contributed by atoms with van der Waals surface area (Å²) in [4.78, 5) is 0. The molecule has 2 N–H and O–H groups in total. The molecule has 1 rings (SSSR count). The van der Waals surface area contributed by atoms with Crippen LogP contribution in [0, 0.1) is 5.41 Å². The summed E-state index contributed by atoms with van der Waals surface area (Å²) in [5.74, 6) is 0. The molecule has 0 spiro atoms. The molecule has 0 amide bonds. The number of piperidine rings is 1. The summed E-state index contributed by atoms with van der Waals surface area (Å²) in [6.45, 7) is 9.66. The smallest absolute Gasteiger partial charge is 0.0904 e. The average Bonchev–Trinajstić information content (AvgIpc) is 2.12. The molecule has 15 heavy (non-hydrogen) atoms. The molecule has 1 aliphatic heterocycles. The van der Waals surface area contributed by atoms with E-state index in [-0.39, 0.29) is 0 Å². The van der Waals surface area contributed by atoms with Crippen LogP contribution in [0.15, 0.2) is 0 Å². The largest absolute Gasteiger partial charge is 0.387 e. The van der Waals surface area contributed by atoms with E-state index in [0.717, 1.165) is 39.0 Å². The molecular formula is C12H25NO2. The fourth-order valence-corrected chi connectivity index (χ4v) is 1.68. The van der Waals surface area contributed by atoms with Crippen LogP contribution in [0.3, 0.4) is 0 Å². The van der Waals surface area contributed by atoms with E-state index in [1.54, 1.807) is 0 Å². The number of aliphatic hydroxyl groups is 1. The van der Waals surface area contributed by atoms with E-state index in [2.05, 4.69) is 26.1 Å². The normalized spacial score (nSPS) is 21.6. The van der Waals surface area contributed by atoms with Gasteiger partial charge in [-0.3, -0.25) is 0 Å². The zero-order chi connectivity index (χ0) is 11.4. The Kier molecular flexibility index (Phi) is 4.56. The van der Waals surface area contributed by atoms with Gasteiger partial charge in [-0.1, -0.05) is 20.8 Å².